The van der Waals surface area contributed by atoms with Gasteiger partial charge in [0.25, 0.3) is 0 Å². The number of carbonyl (C=O) groups is 2. The molecule has 0 spiro atoms. The normalized spacial score (nSPS) is 12.0. The van der Waals surface area contributed by atoms with Crippen LogP contribution in [0.5, 0.6) is 0 Å². The summed E-state index contributed by atoms with van der Waals surface area (Å²) in [6, 6.07) is -0.734. The minimum Gasteiger partial charge on any atom is -0.466 e. The van der Waals surface area contributed by atoms with Gasteiger partial charge in [0.05, 0.1) is 24.8 Å². The third kappa shape index (κ3) is 5.52. The number of nitrogens with zero attached hydrogens (tertiary/aromatic N) is 3. The summed E-state index contributed by atoms with van der Waals surface area (Å²) < 4.78 is 4.88. The first-order valence-corrected chi connectivity index (χ1v) is 8.83. The molecular weight excluding hydrogens is 344 g/mol. The van der Waals surface area contributed by atoms with Crippen LogP contribution in [0.4, 0.5) is 9.93 Å². The Bertz CT molecular complexity index is 726. The molecule has 0 aliphatic rings. The third-order valence-electron chi connectivity index (χ3n) is 3.25. The molecule has 2 amide bonds. The van der Waals surface area contributed by atoms with Crippen molar-refractivity contribution in [2.45, 2.75) is 40.2 Å². The van der Waals surface area contributed by atoms with Gasteiger partial charge in [-0.25, -0.2) is 14.8 Å². The van der Waals surface area contributed by atoms with Gasteiger partial charge in [0, 0.05) is 5.38 Å². The van der Waals surface area contributed by atoms with E-state index in [1.54, 1.807) is 19.2 Å². The molecular formula is C15H22N6O3S. The molecule has 1 unspecified atom stereocenters. The molecule has 0 saturated heterocycles. The average Bonchev–Trinajstić information content (AvgIpc) is 3.14. The summed E-state index contributed by atoms with van der Waals surface area (Å²) >= 11 is 1.25. The second-order valence-electron chi connectivity index (χ2n) is 5.72. The van der Waals surface area contributed by atoms with Gasteiger partial charge in [-0.3, -0.25) is 15.2 Å². The van der Waals surface area contributed by atoms with Crippen molar-refractivity contribution in [3.05, 3.63) is 22.7 Å². The summed E-state index contributed by atoms with van der Waals surface area (Å²) in [5, 5.41) is 14.5. The quantitative estimate of drug-likeness (QED) is 0.646. The lowest BCUT2D eigenvalue weighted by Gasteiger charge is -2.19. The van der Waals surface area contributed by atoms with Crippen LogP contribution in [0, 0.1) is 12.8 Å². The first-order valence-electron chi connectivity index (χ1n) is 7.95. The van der Waals surface area contributed by atoms with E-state index in [9.17, 15) is 9.59 Å². The van der Waals surface area contributed by atoms with Gasteiger partial charge in [0.1, 0.15) is 5.82 Å². The second kappa shape index (κ2) is 8.56. The predicted molar refractivity (Wildman–Crippen MR) is 93.3 cm³/mol. The van der Waals surface area contributed by atoms with Gasteiger partial charge in [0.15, 0.2) is 11.0 Å². The van der Waals surface area contributed by atoms with Gasteiger partial charge < -0.3 is 10.1 Å². The Morgan fingerprint density at radius 1 is 1.36 bits per heavy atom. The molecule has 0 saturated carbocycles. The first kappa shape index (κ1) is 18.8. The van der Waals surface area contributed by atoms with Crippen molar-refractivity contribution in [2.75, 3.05) is 11.9 Å². The summed E-state index contributed by atoms with van der Waals surface area (Å²) in [5.74, 6) is 0.983. The number of thiazole rings is 1. The number of esters is 1. The van der Waals surface area contributed by atoms with Gasteiger partial charge >= 0.3 is 12.0 Å². The Balaban J connectivity index is 1.95. The van der Waals surface area contributed by atoms with E-state index < -0.39 is 6.03 Å². The molecule has 2 heterocycles. The molecule has 9 nitrogen and oxygen atoms in total. The van der Waals surface area contributed by atoms with E-state index in [1.807, 2.05) is 13.8 Å². The SMILES string of the molecule is CCOC(=O)Cc1csc(NC(=O)NC(c2n[nH]c(C)n2)C(C)C)n1. The lowest BCUT2D eigenvalue weighted by Crippen LogP contribution is -2.35. The van der Waals surface area contributed by atoms with Crippen LogP contribution in [0.15, 0.2) is 5.38 Å². The maximum atomic E-state index is 12.2. The van der Waals surface area contributed by atoms with Crippen LogP contribution in [0.2, 0.25) is 0 Å². The molecule has 1 atom stereocenters. The van der Waals surface area contributed by atoms with Crippen molar-refractivity contribution < 1.29 is 14.3 Å². The first-order chi connectivity index (χ1) is 11.9. The van der Waals surface area contributed by atoms with E-state index in [0.29, 0.717) is 29.1 Å². The highest BCUT2D eigenvalue weighted by Crippen LogP contribution is 2.20. The molecule has 0 aliphatic heterocycles. The van der Waals surface area contributed by atoms with Crippen LogP contribution < -0.4 is 10.6 Å². The molecule has 3 N–H and O–H groups in total. The molecule has 0 radical (unpaired) electrons. The van der Waals surface area contributed by atoms with E-state index in [2.05, 4.69) is 30.8 Å². The number of hydrogen-bond acceptors (Lipinski definition) is 7. The molecule has 136 valence electrons. The molecule has 0 aliphatic carbocycles. The number of amides is 2. The fraction of sp³-hybridized carbons (Fsp3) is 0.533. The van der Waals surface area contributed by atoms with Crippen LogP contribution in [0.1, 0.15) is 44.2 Å². The Labute approximate surface area is 149 Å². The van der Waals surface area contributed by atoms with E-state index >= 15 is 0 Å². The number of carbonyl (C=O) groups excluding carboxylic acids is 2. The van der Waals surface area contributed by atoms with Crippen LogP contribution >= 0.6 is 11.3 Å². The number of rotatable bonds is 7. The van der Waals surface area contributed by atoms with Gasteiger partial charge in [-0.15, -0.1) is 11.3 Å². The summed E-state index contributed by atoms with van der Waals surface area (Å²) in [6.45, 7) is 7.81. The number of aryl methyl sites for hydroxylation is 1. The number of ether oxygens (including phenoxy) is 1. The minimum atomic E-state index is -0.404. The average molecular weight is 366 g/mol. The number of hydrogen-bond donors (Lipinski definition) is 3. The number of urea groups is 1. The van der Waals surface area contributed by atoms with Crippen molar-refractivity contribution >= 4 is 28.5 Å². The van der Waals surface area contributed by atoms with E-state index in [4.69, 9.17) is 4.74 Å². The zero-order valence-electron chi connectivity index (χ0n) is 14.6. The molecule has 2 rings (SSSR count). The lowest BCUT2D eigenvalue weighted by atomic mass is 10.0. The lowest BCUT2D eigenvalue weighted by molar-refractivity contribution is -0.142. The summed E-state index contributed by atoms with van der Waals surface area (Å²) in [7, 11) is 0. The standard InChI is InChI=1S/C15H22N6O3S/c1-5-24-11(22)6-10-7-25-15(17-10)19-14(23)18-12(8(2)3)13-16-9(4)20-21-13/h7-8,12H,5-6H2,1-4H3,(H,16,20,21)(H2,17,18,19,23). The highest BCUT2D eigenvalue weighted by atomic mass is 32.1. The minimum absolute atomic E-state index is 0.0821. The maximum absolute atomic E-state index is 12.2. The van der Waals surface area contributed by atoms with Crippen molar-refractivity contribution in [1.82, 2.24) is 25.5 Å². The zero-order valence-corrected chi connectivity index (χ0v) is 15.4. The molecule has 25 heavy (non-hydrogen) atoms. The predicted octanol–water partition coefficient (Wildman–Crippen LogP) is 2.19. The van der Waals surface area contributed by atoms with Gasteiger partial charge in [-0.05, 0) is 19.8 Å². The van der Waals surface area contributed by atoms with Gasteiger partial charge in [-0.2, -0.15) is 5.10 Å². The van der Waals surface area contributed by atoms with Crippen LogP contribution in [0.3, 0.4) is 0 Å². The summed E-state index contributed by atoms with van der Waals surface area (Å²) in [6.07, 6.45) is 0.0821. The third-order valence-corrected chi connectivity index (χ3v) is 4.06. The molecule has 0 aromatic carbocycles. The Morgan fingerprint density at radius 2 is 2.12 bits per heavy atom. The Morgan fingerprint density at radius 3 is 2.72 bits per heavy atom. The van der Waals surface area contributed by atoms with Gasteiger partial charge in [-0.1, -0.05) is 13.8 Å². The van der Waals surface area contributed by atoms with E-state index in [1.165, 1.54) is 11.3 Å². The monoisotopic (exact) mass is 366 g/mol. The van der Waals surface area contributed by atoms with Crippen molar-refractivity contribution in [3.63, 3.8) is 0 Å². The fourth-order valence-corrected chi connectivity index (χ4v) is 2.81. The summed E-state index contributed by atoms with van der Waals surface area (Å²) in [4.78, 5) is 32.2. The fourth-order valence-electron chi connectivity index (χ4n) is 2.11. The van der Waals surface area contributed by atoms with Crippen LogP contribution in [-0.4, -0.2) is 38.8 Å². The highest BCUT2D eigenvalue weighted by Gasteiger charge is 2.22. The number of nitrogens with one attached hydrogen (secondary N) is 3. The number of anilines is 1. The Hall–Kier alpha value is -2.49. The topological polar surface area (TPSA) is 122 Å². The molecule has 0 fully saturated rings. The smallest absolute Gasteiger partial charge is 0.321 e. The molecule has 2 aromatic heterocycles. The number of aromatic nitrogens is 4. The molecule has 10 heteroatoms. The zero-order chi connectivity index (χ0) is 18.4. The van der Waals surface area contributed by atoms with Crippen molar-refractivity contribution in [1.29, 1.82) is 0 Å². The van der Waals surface area contributed by atoms with E-state index in [-0.39, 0.29) is 24.3 Å². The van der Waals surface area contributed by atoms with Crippen LogP contribution in [0.25, 0.3) is 0 Å². The Kier molecular flexibility index (Phi) is 6.45. The van der Waals surface area contributed by atoms with Gasteiger partial charge in [0.2, 0.25) is 0 Å². The van der Waals surface area contributed by atoms with E-state index in [0.717, 1.165) is 0 Å². The molecule has 2 aromatic rings. The largest absolute Gasteiger partial charge is 0.466 e. The number of H-pyrrole nitrogens is 1. The maximum Gasteiger partial charge on any atom is 0.321 e. The molecule has 0 bridgehead atoms. The number of aromatic amines is 1. The highest BCUT2D eigenvalue weighted by molar-refractivity contribution is 7.13. The van der Waals surface area contributed by atoms with Crippen molar-refractivity contribution in [2.24, 2.45) is 5.92 Å². The summed E-state index contributed by atoms with van der Waals surface area (Å²) in [5.41, 5.74) is 0.559. The van der Waals surface area contributed by atoms with Crippen molar-refractivity contribution in [3.8, 4) is 0 Å². The second-order valence-corrected chi connectivity index (χ2v) is 6.58. The van der Waals surface area contributed by atoms with Crippen LogP contribution in [-0.2, 0) is 16.0 Å².